The number of carbonyl (C=O) groups is 3. The third kappa shape index (κ3) is 2.19. The van der Waals surface area contributed by atoms with E-state index >= 15 is 0 Å². The third-order valence-electron chi connectivity index (χ3n) is 3.81. The number of rotatable bonds is 1. The van der Waals surface area contributed by atoms with E-state index in [2.05, 4.69) is 10.6 Å². The first-order chi connectivity index (χ1) is 9.91. The van der Waals surface area contributed by atoms with E-state index in [4.69, 9.17) is 17.3 Å². The van der Waals surface area contributed by atoms with Crippen molar-refractivity contribution in [2.24, 2.45) is 0 Å². The van der Waals surface area contributed by atoms with Crippen molar-refractivity contribution in [2.45, 2.75) is 12.0 Å². The molecule has 2 aliphatic rings. The molecule has 4 amide bonds. The zero-order chi connectivity index (χ0) is 15.2. The first-order valence-electron chi connectivity index (χ1n) is 6.39. The number of hydrogen-bond acceptors (Lipinski definition) is 4. The number of likely N-dealkylation sites (tertiary alicyclic amines) is 1. The fraction of sp³-hybridized carbons (Fsp3) is 0.308. The lowest BCUT2D eigenvalue weighted by atomic mass is 9.99. The van der Waals surface area contributed by atoms with E-state index in [1.807, 2.05) is 0 Å². The Kier molecular flexibility index (Phi) is 3.02. The Morgan fingerprint density at radius 3 is 2.76 bits per heavy atom. The maximum absolute atomic E-state index is 12.4. The number of benzene rings is 1. The smallest absolute Gasteiger partial charge is 0.322 e. The van der Waals surface area contributed by atoms with Gasteiger partial charge < -0.3 is 16.0 Å². The van der Waals surface area contributed by atoms with E-state index in [1.54, 1.807) is 12.1 Å². The maximum Gasteiger partial charge on any atom is 0.322 e. The minimum atomic E-state index is -1.01. The van der Waals surface area contributed by atoms with Crippen molar-refractivity contribution in [1.29, 1.82) is 0 Å². The number of halogens is 1. The molecule has 7 nitrogen and oxygen atoms in total. The Bertz CT molecular complexity index is 663. The topological polar surface area (TPSA) is 105 Å². The van der Waals surface area contributed by atoms with Gasteiger partial charge in [0, 0.05) is 12.1 Å². The summed E-state index contributed by atoms with van der Waals surface area (Å²) in [7, 11) is 0. The normalized spacial score (nSPS) is 24.3. The molecular formula is C13H13ClN4O3. The van der Waals surface area contributed by atoms with Crippen LogP contribution in [0.3, 0.4) is 0 Å². The molecule has 0 aromatic heterocycles. The number of hydrogen-bond donors (Lipinski definition) is 3. The van der Waals surface area contributed by atoms with Crippen LogP contribution in [0.25, 0.3) is 0 Å². The van der Waals surface area contributed by atoms with Crippen LogP contribution in [0.1, 0.15) is 16.8 Å². The monoisotopic (exact) mass is 308 g/mol. The highest BCUT2D eigenvalue weighted by Crippen LogP contribution is 2.27. The Morgan fingerprint density at radius 2 is 2.14 bits per heavy atom. The van der Waals surface area contributed by atoms with Gasteiger partial charge in [0.2, 0.25) is 0 Å². The molecule has 110 valence electrons. The Hall–Kier alpha value is -2.28. The molecule has 0 bridgehead atoms. The van der Waals surface area contributed by atoms with Gasteiger partial charge in [0.15, 0.2) is 0 Å². The summed E-state index contributed by atoms with van der Waals surface area (Å²) < 4.78 is 0. The van der Waals surface area contributed by atoms with Crippen LogP contribution in [0, 0.1) is 0 Å². The average Bonchev–Trinajstić information content (AvgIpc) is 2.97. The van der Waals surface area contributed by atoms with Crippen molar-refractivity contribution < 1.29 is 14.4 Å². The van der Waals surface area contributed by atoms with Crippen LogP contribution in [0.15, 0.2) is 18.2 Å². The van der Waals surface area contributed by atoms with Crippen molar-refractivity contribution in [2.75, 3.05) is 18.8 Å². The number of amides is 4. The quantitative estimate of drug-likeness (QED) is 0.514. The van der Waals surface area contributed by atoms with E-state index in [1.165, 1.54) is 11.0 Å². The van der Waals surface area contributed by atoms with E-state index in [0.29, 0.717) is 29.2 Å². The number of nitrogens with zero attached hydrogens (tertiary/aromatic N) is 1. The third-order valence-corrected chi connectivity index (χ3v) is 4.16. The summed E-state index contributed by atoms with van der Waals surface area (Å²) in [6.45, 7) is 0.529. The molecule has 2 saturated heterocycles. The van der Waals surface area contributed by atoms with E-state index in [9.17, 15) is 14.4 Å². The second kappa shape index (κ2) is 4.63. The number of urea groups is 1. The van der Waals surface area contributed by atoms with Gasteiger partial charge >= 0.3 is 6.03 Å². The van der Waals surface area contributed by atoms with Gasteiger partial charge in [-0.2, -0.15) is 0 Å². The van der Waals surface area contributed by atoms with Crippen molar-refractivity contribution in [1.82, 2.24) is 15.5 Å². The van der Waals surface area contributed by atoms with Crippen molar-refractivity contribution in [3.63, 3.8) is 0 Å². The van der Waals surface area contributed by atoms with Gasteiger partial charge in [-0.25, -0.2) is 4.79 Å². The highest BCUT2D eigenvalue weighted by atomic mass is 35.5. The highest BCUT2D eigenvalue weighted by molar-refractivity contribution is 6.33. The molecule has 4 N–H and O–H groups in total. The number of carbonyl (C=O) groups excluding carboxylic acids is 3. The lowest BCUT2D eigenvalue weighted by Crippen LogP contribution is -2.49. The second-order valence-electron chi connectivity index (χ2n) is 5.20. The van der Waals surface area contributed by atoms with Crippen LogP contribution in [0.2, 0.25) is 5.02 Å². The van der Waals surface area contributed by atoms with Gasteiger partial charge in [-0.05, 0) is 24.6 Å². The summed E-state index contributed by atoms with van der Waals surface area (Å²) in [5, 5.41) is 5.18. The highest BCUT2D eigenvalue weighted by Gasteiger charge is 2.51. The molecule has 8 heteroatoms. The van der Waals surface area contributed by atoms with Gasteiger partial charge in [0.1, 0.15) is 5.54 Å². The molecule has 2 aliphatic heterocycles. The molecule has 1 aromatic carbocycles. The van der Waals surface area contributed by atoms with Crippen LogP contribution in [-0.4, -0.2) is 41.4 Å². The predicted molar refractivity (Wildman–Crippen MR) is 75.8 cm³/mol. The van der Waals surface area contributed by atoms with Crippen LogP contribution in [0.4, 0.5) is 10.5 Å². The van der Waals surface area contributed by atoms with Crippen LogP contribution in [0.5, 0.6) is 0 Å². The summed E-state index contributed by atoms with van der Waals surface area (Å²) in [6.07, 6.45) is 0.388. The molecule has 0 saturated carbocycles. The zero-order valence-electron chi connectivity index (χ0n) is 11.0. The molecule has 1 unspecified atom stereocenters. The SMILES string of the molecule is Nc1cc(C(=O)N2CCC3(C2)NC(=O)NC3=O)ccc1Cl. The standard InChI is InChI=1S/C13H13ClN4O3/c14-8-2-1-7(5-9(8)15)10(19)18-4-3-13(6-18)11(20)16-12(21)17-13/h1-2,5H,3-4,6,15H2,(H2,16,17,20,21). The van der Waals surface area contributed by atoms with Crippen molar-refractivity contribution in [3.8, 4) is 0 Å². The number of nitrogens with one attached hydrogen (secondary N) is 2. The Labute approximate surface area is 125 Å². The molecule has 2 fully saturated rings. The first kappa shape index (κ1) is 13.7. The number of imide groups is 1. The van der Waals surface area contributed by atoms with Crippen LogP contribution < -0.4 is 16.4 Å². The van der Waals surface area contributed by atoms with Crippen molar-refractivity contribution >= 4 is 35.1 Å². The van der Waals surface area contributed by atoms with E-state index in [0.717, 1.165) is 0 Å². The van der Waals surface area contributed by atoms with Gasteiger partial charge in [-0.1, -0.05) is 11.6 Å². The zero-order valence-corrected chi connectivity index (χ0v) is 11.7. The molecule has 1 atom stereocenters. The average molecular weight is 309 g/mol. The van der Waals surface area contributed by atoms with Gasteiger partial charge in [0.05, 0.1) is 17.3 Å². The lowest BCUT2D eigenvalue weighted by molar-refractivity contribution is -0.123. The summed E-state index contributed by atoms with van der Waals surface area (Å²) in [5.74, 6) is -0.636. The van der Waals surface area contributed by atoms with Gasteiger partial charge in [0.25, 0.3) is 11.8 Å². The summed E-state index contributed by atoms with van der Waals surface area (Å²) in [6, 6.07) is 4.12. The molecular weight excluding hydrogens is 296 g/mol. The fourth-order valence-corrected chi connectivity index (χ4v) is 2.78. The molecule has 1 aromatic rings. The minimum Gasteiger partial charge on any atom is -0.398 e. The maximum atomic E-state index is 12.4. The van der Waals surface area contributed by atoms with Crippen LogP contribution in [-0.2, 0) is 4.79 Å². The largest absolute Gasteiger partial charge is 0.398 e. The van der Waals surface area contributed by atoms with E-state index in [-0.39, 0.29) is 12.5 Å². The molecule has 1 spiro atoms. The van der Waals surface area contributed by atoms with E-state index < -0.39 is 17.5 Å². The second-order valence-corrected chi connectivity index (χ2v) is 5.61. The van der Waals surface area contributed by atoms with Crippen molar-refractivity contribution in [3.05, 3.63) is 28.8 Å². The fourth-order valence-electron chi connectivity index (χ4n) is 2.66. The molecule has 21 heavy (non-hydrogen) atoms. The number of nitrogen functional groups attached to an aromatic ring is 1. The minimum absolute atomic E-state index is 0.145. The first-order valence-corrected chi connectivity index (χ1v) is 6.77. The van der Waals surface area contributed by atoms with Crippen LogP contribution >= 0.6 is 11.6 Å². The lowest BCUT2D eigenvalue weighted by Gasteiger charge is -2.21. The molecule has 2 heterocycles. The molecule has 0 radical (unpaired) electrons. The van der Waals surface area contributed by atoms with Gasteiger partial charge in [-0.15, -0.1) is 0 Å². The predicted octanol–water partition coefficient (Wildman–Crippen LogP) is 0.346. The Balaban J connectivity index is 1.80. The summed E-state index contributed by atoms with van der Waals surface area (Å²) >= 11 is 5.83. The molecule has 0 aliphatic carbocycles. The number of nitrogens with two attached hydrogens (primary N) is 1. The molecule has 3 rings (SSSR count). The number of anilines is 1. The summed E-state index contributed by atoms with van der Waals surface area (Å²) in [4.78, 5) is 37.1. The Morgan fingerprint density at radius 1 is 1.38 bits per heavy atom. The summed E-state index contributed by atoms with van der Waals surface area (Å²) in [5.41, 5.74) is 5.40. The van der Waals surface area contributed by atoms with Gasteiger partial charge in [-0.3, -0.25) is 14.9 Å².